The zero-order valence-electron chi connectivity index (χ0n) is 21.7. The second-order valence-electron chi connectivity index (χ2n) is 9.17. The van der Waals surface area contributed by atoms with Gasteiger partial charge in [0.2, 0.25) is 5.88 Å². The second-order valence-corrected chi connectivity index (χ2v) is 11.1. The van der Waals surface area contributed by atoms with Gasteiger partial charge < -0.3 is 15.4 Å². The molecule has 1 aliphatic rings. The van der Waals surface area contributed by atoms with E-state index >= 15 is 0 Å². The highest BCUT2D eigenvalue weighted by Gasteiger charge is 2.29. The van der Waals surface area contributed by atoms with Crippen molar-refractivity contribution in [3.8, 4) is 23.1 Å². The number of pyridine rings is 2. The topological polar surface area (TPSA) is 117 Å². The van der Waals surface area contributed by atoms with Gasteiger partial charge in [-0.25, -0.2) is 18.4 Å². The first-order valence-electron chi connectivity index (χ1n) is 12.2. The maximum atomic E-state index is 11.7. The molecule has 2 aromatic carbocycles. The van der Waals surface area contributed by atoms with Gasteiger partial charge in [-0.2, -0.15) is 5.26 Å². The minimum atomic E-state index is -3.36. The first kappa shape index (κ1) is 30.9. The second kappa shape index (κ2) is 13.6. The standard InChI is InChI=1S/C29H27N5O3S.2ClH/c1-38(35,36)27-12-11-23(17-33-27)24-15-25-29(34-18-24)37-26(19-32-25)28(22-5-3-2-4-6-22)31-14-13-20-7-9-21(16-30)10-8-20;;/h2-12,15,17-18,26,28,31-32H,13-14,19H2,1H3;2*1H/t26-,28+;;/m0../s1. The lowest BCUT2D eigenvalue weighted by Gasteiger charge is -2.33. The van der Waals surface area contributed by atoms with E-state index in [1.807, 2.05) is 48.5 Å². The monoisotopic (exact) mass is 597 g/mol. The summed E-state index contributed by atoms with van der Waals surface area (Å²) in [5.41, 5.74) is 5.28. The summed E-state index contributed by atoms with van der Waals surface area (Å²) in [6.45, 7) is 1.31. The molecule has 1 aliphatic heterocycles. The fraction of sp³-hybridized carbons (Fsp3) is 0.207. The molecule has 4 aromatic rings. The minimum Gasteiger partial charge on any atom is -0.469 e. The van der Waals surface area contributed by atoms with Crippen LogP contribution < -0.4 is 15.4 Å². The molecule has 2 atom stereocenters. The number of hydrogen-bond donors (Lipinski definition) is 2. The fourth-order valence-corrected chi connectivity index (χ4v) is 4.98. The third-order valence-electron chi connectivity index (χ3n) is 6.45. The number of hydrogen-bond acceptors (Lipinski definition) is 8. The van der Waals surface area contributed by atoms with Gasteiger partial charge in [-0.1, -0.05) is 42.5 Å². The third-order valence-corrected chi connectivity index (χ3v) is 7.45. The maximum Gasteiger partial charge on any atom is 0.237 e. The van der Waals surface area contributed by atoms with E-state index in [4.69, 9.17) is 10.00 Å². The highest BCUT2D eigenvalue weighted by molar-refractivity contribution is 7.90. The summed E-state index contributed by atoms with van der Waals surface area (Å²) in [4.78, 5) is 8.63. The van der Waals surface area contributed by atoms with Crippen molar-refractivity contribution >= 4 is 40.3 Å². The molecule has 208 valence electrons. The fourth-order valence-electron chi connectivity index (χ4n) is 4.42. The van der Waals surface area contributed by atoms with E-state index < -0.39 is 9.84 Å². The van der Waals surface area contributed by atoms with Gasteiger partial charge in [0.15, 0.2) is 14.9 Å². The zero-order chi connectivity index (χ0) is 26.5. The lowest BCUT2D eigenvalue weighted by atomic mass is 9.99. The summed E-state index contributed by atoms with van der Waals surface area (Å²) in [5, 5.41) is 16.2. The highest BCUT2D eigenvalue weighted by Crippen LogP contribution is 2.34. The first-order chi connectivity index (χ1) is 18.4. The Morgan fingerprint density at radius 2 is 1.75 bits per heavy atom. The average molecular weight is 599 g/mol. The van der Waals surface area contributed by atoms with Crippen molar-refractivity contribution in [3.63, 3.8) is 0 Å². The van der Waals surface area contributed by atoms with E-state index in [9.17, 15) is 8.42 Å². The van der Waals surface area contributed by atoms with Crippen LogP contribution in [-0.4, -0.2) is 43.8 Å². The number of sulfone groups is 1. The van der Waals surface area contributed by atoms with Crippen LogP contribution in [0.15, 0.2) is 90.2 Å². The molecule has 3 heterocycles. The Kier molecular flexibility index (Phi) is 10.5. The zero-order valence-corrected chi connectivity index (χ0v) is 24.1. The molecule has 0 saturated carbocycles. The number of ether oxygens (including phenoxy) is 1. The molecule has 0 spiro atoms. The molecule has 0 amide bonds. The number of anilines is 1. The smallest absolute Gasteiger partial charge is 0.237 e. The van der Waals surface area contributed by atoms with E-state index in [1.165, 1.54) is 12.3 Å². The number of benzene rings is 2. The van der Waals surface area contributed by atoms with Crippen LogP contribution in [0.5, 0.6) is 5.88 Å². The van der Waals surface area contributed by atoms with Gasteiger partial charge >= 0.3 is 0 Å². The predicted octanol–water partition coefficient (Wildman–Crippen LogP) is 5.01. The van der Waals surface area contributed by atoms with Crippen LogP contribution in [0.3, 0.4) is 0 Å². The number of aromatic nitrogens is 2. The number of rotatable bonds is 8. The highest BCUT2D eigenvalue weighted by atomic mass is 35.5. The van der Waals surface area contributed by atoms with Gasteiger partial charge in [0.1, 0.15) is 6.10 Å². The van der Waals surface area contributed by atoms with Crippen LogP contribution in [0.25, 0.3) is 11.1 Å². The molecule has 0 fully saturated rings. The summed E-state index contributed by atoms with van der Waals surface area (Å²) in [5.74, 6) is 0.514. The van der Waals surface area contributed by atoms with Gasteiger partial charge in [0.25, 0.3) is 0 Å². The predicted molar refractivity (Wildman–Crippen MR) is 160 cm³/mol. The number of halogens is 2. The van der Waals surface area contributed by atoms with E-state index in [2.05, 4.69) is 38.8 Å². The van der Waals surface area contributed by atoms with Crippen molar-refractivity contribution in [2.75, 3.05) is 24.7 Å². The molecule has 2 N–H and O–H groups in total. The Hall–Kier alpha value is -3.68. The number of nitrogens with zero attached hydrogens (tertiary/aromatic N) is 3. The Balaban J connectivity index is 0.00000220. The Morgan fingerprint density at radius 1 is 1.02 bits per heavy atom. The van der Waals surface area contributed by atoms with Gasteiger partial charge in [-0.15, -0.1) is 24.8 Å². The van der Waals surface area contributed by atoms with Crippen molar-refractivity contribution in [2.24, 2.45) is 0 Å². The molecule has 11 heteroatoms. The molecule has 0 radical (unpaired) electrons. The summed E-state index contributed by atoms with van der Waals surface area (Å²) >= 11 is 0. The SMILES string of the molecule is CS(=O)(=O)c1ccc(-c2cnc3c(c2)NC[C@@H]([C@H](NCCc2ccc(C#N)cc2)c2ccccc2)O3)cn1.Cl.Cl. The molecule has 0 bridgehead atoms. The quantitative estimate of drug-likeness (QED) is 0.291. The first-order valence-corrected chi connectivity index (χ1v) is 14.1. The van der Waals surface area contributed by atoms with E-state index in [1.54, 1.807) is 12.3 Å². The molecule has 5 rings (SSSR count). The van der Waals surface area contributed by atoms with Crippen LogP contribution in [0, 0.1) is 11.3 Å². The molecular formula is C29H29Cl2N5O3S. The van der Waals surface area contributed by atoms with Gasteiger partial charge in [-0.05, 0) is 54.4 Å². The van der Waals surface area contributed by atoms with Crippen LogP contribution in [-0.2, 0) is 16.3 Å². The Labute approximate surface area is 246 Å². The Bertz CT molecular complexity index is 1560. The van der Waals surface area contributed by atoms with Crippen molar-refractivity contribution in [1.29, 1.82) is 5.26 Å². The van der Waals surface area contributed by atoms with Crippen LogP contribution in [0.4, 0.5) is 5.69 Å². The van der Waals surface area contributed by atoms with E-state index in [0.29, 0.717) is 18.0 Å². The average Bonchev–Trinajstić information content (AvgIpc) is 2.95. The molecule has 0 unspecified atom stereocenters. The lowest BCUT2D eigenvalue weighted by Crippen LogP contribution is -2.43. The minimum absolute atomic E-state index is 0. The Morgan fingerprint density at radius 3 is 2.40 bits per heavy atom. The van der Waals surface area contributed by atoms with Gasteiger partial charge in [0, 0.05) is 29.8 Å². The van der Waals surface area contributed by atoms with E-state index in [-0.39, 0.29) is 42.0 Å². The maximum absolute atomic E-state index is 11.7. The summed E-state index contributed by atoms with van der Waals surface area (Å²) in [6.07, 6.45) is 5.00. The van der Waals surface area contributed by atoms with Crippen LogP contribution >= 0.6 is 24.8 Å². The molecule has 0 saturated heterocycles. The van der Waals surface area contributed by atoms with Crippen molar-refractivity contribution in [1.82, 2.24) is 15.3 Å². The molecule has 2 aromatic heterocycles. The van der Waals surface area contributed by atoms with Gasteiger partial charge in [0.05, 0.1) is 29.9 Å². The number of fused-ring (bicyclic) bond motifs is 1. The molecule has 40 heavy (non-hydrogen) atoms. The largest absolute Gasteiger partial charge is 0.469 e. The third kappa shape index (κ3) is 7.29. The molecule has 8 nitrogen and oxygen atoms in total. The van der Waals surface area contributed by atoms with Gasteiger partial charge in [-0.3, -0.25) is 0 Å². The number of nitrogens with one attached hydrogen (secondary N) is 2. The van der Waals surface area contributed by atoms with Crippen LogP contribution in [0.1, 0.15) is 22.7 Å². The van der Waals surface area contributed by atoms with E-state index in [0.717, 1.165) is 47.2 Å². The summed E-state index contributed by atoms with van der Waals surface area (Å²) in [7, 11) is -3.36. The summed E-state index contributed by atoms with van der Waals surface area (Å²) in [6, 6.07) is 25.1. The van der Waals surface area contributed by atoms with Crippen LogP contribution in [0.2, 0.25) is 0 Å². The lowest BCUT2D eigenvalue weighted by molar-refractivity contribution is 0.150. The van der Waals surface area contributed by atoms with Crippen molar-refractivity contribution < 1.29 is 13.2 Å². The van der Waals surface area contributed by atoms with Crippen molar-refractivity contribution in [3.05, 3.63) is 102 Å². The van der Waals surface area contributed by atoms with Crippen molar-refractivity contribution in [2.45, 2.75) is 23.6 Å². The number of nitriles is 1. The molecule has 0 aliphatic carbocycles. The normalized spacial score (nSPS) is 14.7. The molecular weight excluding hydrogens is 569 g/mol. The summed E-state index contributed by atoms with van der Waals surface area (Å²) < 4.78 is 29.8.